The molecule has 0 radical (unpaired) electrons. The maximum absolute atomic E-state index is 5.66. The minimum absolute atomic E-state index is 0.656. The number of benzene rings is 9. The molecular weight excluding hydrogens is 719 g/mol. The second kappa shape index (κ2) is 11.3. The number of aromatic nitrogens is 5. The average molecular weight is 750 g/mol. The first-order valence-corrected chi connectivity index (χ1v) is 20.2. The molecule has 5 nitrogen and oxygen atoms in total. The van der Waals surface area contributed by atoms with Crippen LogP contribution in [0.5, 0.6) is 0 Å². The monoisotopic (exact) mass is 749 g/mol. The van der Waals surface area contributed by atoms with Crippen LogP contribution in [0.2, 0.25) is 0 Å². The molecule has 5 heterocycles. The van der Waals surface area contributed by atoms with Crippen LogP contribution in [-0.4, -0.2) is 23.5 Å². The maximum Gasteiger partial charge on any atom is 0.235 e. The Morgan fingerprint density at radius 3 is 1.81 bits per heavy atom. The quantitative estimate of drug-likeness (QED) is 0.180. The zero-order valence-electron chi connectivity index (χ0n) is 31.6. The predicted octanol–water partition coefficient (Wildman–Crippen LogP) is 13.8. The highest BCUT2D eigenvalue weighted by molar-refractivity contribution is 6.37. The van der Waals surface area contributed by atoms with Gasteiger partial charge >= 0.3 is 0 Å². The first-order valence-electron chi connectivity index (χ1n) is 20.2. The van der Waals surface area contributed by atoms with Crippen molar-refractivity contribution in [1.29, 1.82) is 0 Å². The Balaban J connectivity index is 1.13. The zero-order chi connectivity index (χ0) is 38.3. The van der Waals surface area contributed by atoms with Gasteiger partial charge < -0.3 is 8.97 Å². The molecule has 0 aliphatic heterocycles. The topological polar surface area (TPSA) is 40.0 Å². The molecule has 14 rings (SSSR count). The van der Waals surface area contributed by atoms with Crippen LogP contribution in [0.1, 0.15) is 0 Å². The van der Waals surface area contributed by atoms with Crippen LogP contribution in [0, 0.1) is 0 Å². The summed E-state index contributed by atoms with van der Waals surface area (Å²) in [4.78, 5) is 11.1. The molecule has 0 fully saturated rings. The summed E-state index contributed by atoms with van der Waals surface area (Å²) in [7, 11) is 0. The third kappa shape index (κ3) is 4.03. The van der Waals surface area contributed by atoms with E-state index in [2.05, 4.69) is 202 Å². The Morgan fingerprint density at radius 1 is 0.339 bits per heavy atom. The van der Waals surface area contributed by atoms with E-state index in [1.807, 2.05) is 0 Å². The molecule has 0 aliphatic rings. The van der Waals surface area contributed by atoms with Gasteiger partial charge in [0.2, 0.25) is 5.95 Å². The summed E-state index contributed by atoms with van der Waals surface area (Å²) in [5, 5.41) is 13.2. The summed E-state index contributed by atoms with van der Waals surface area (Å²) >= 11 is 0. The molecule has 0 amide bonds. The SMILES string of the molecule is c1ccc(-n2c3ccccc3c3cc(-c4nc(-n5c6cc7c8ccccc8n8c9ccccc9c(c6c6ccc9ccccc9c65)c78)nc5ccccc45)ccc32)cc1. The zero-order valence-corrected chi connectivity index (χ0v) is 31.6. The van der Waals surface area contributed by atoms with E-state index < -0.39 is 0 Å². The van der Waals surface area contributed by atoms with Crippen LogP contribution in [0.25, 0.3) is 126 Å². The summed E-state index contributed by atoms with van der Waals surface area (Å²) in [5.41, 5.74) is 12.3. The highest BCUT2D eigenvalue weighted by Gasteiger charge is 2.26. The second-order valence-corrected chi connectivity index (χ2v) is 15.7. The van der Waals surface area contributed by atoms with Gasteiger partial charge in [0.15, 0.2) is 0 Å². The molecule has 272 valence electrons. The molecule has 0 saturated heterocycles. The van der Waals surface area contributed by atoms with Crippen molar-refractivity contribution in [3.05, 3.63) is 188 Å². The lowest BCUT2D eigenvalue weighted by Crippen LogP contribution is -2.04. The van der Waals surface area contributed by atoms with Gasteiger partial charge in [-0.25, -0.2) is 9.97 Å². The number of fused-ring (bicyclic) bond motifs is 16. The molecule has 0 N–H and O–H groups in total. The van der Waals surface area contributed by atoms with Crippen molar-refractivity contribution in [2.45, 2.75) is 0 Å². The van der Waals surface area contributed by atoms with Gasteiger partial charge in [0.25, 0.3) is 0 Å². The van der Waals surface area contributed by atoms with E-state index >= 15 is 0 Å². The van der Waals surface area contributed by atoms with E-state index in [4.69, 9.17) is 9.97 Å². The van der Waals surface area contributed by atoms with Gasteiger partial charge in [-0.05, 0) is 60.0 Å². The Kier molecular flexibility index (Phi) is 5.96. The molecular formula is C54H31N5. The van der Waals surface area contributed by atoms with Gasteiger partial charge in [-0.2, -0.15) is 0 Å². The lowest BCUT2D eigenvalue weighted by Gasteiger charge is -2.13. The van der Waals surface area contributed by atoms with Gasteiger partial charge in [-0.1, -0.05) is 133 Å². The minimum Gasteiger partial charge on any atom is -0.309 e. The first-order chi connectivity index (χ1) is 29.3. The number of hydrogen-bond donors (Lipinski definition) is 0. The van der Waals surface area contributed by atoms with Gasteiger partial charge in [-0.15, -0.1) is 0 Å². The van der Waals surface area contributed by atoms with E-state index in [0.717, 1.165) is 44.4 Å². The van der Waals surface area contributed by atoms with Crippen LogP contribution in [0.3, 0.4) is 0 Å². The van der Waals surface area contributed by atoms with Crippen molar-refractivity contribution >= 4 is 103 Å². The molecule has 59 heavy (non-hydrogen) atoms. The van der Waals surface area contributed by atoms with Gasteiger partial charge in [0.1, 0.15) is 0 Å². The highest BCUT2D eigenvalue weighted by atomic mass is 15.2. The number of rotatable bonds is 3. The maximum atomic E-state index is 5.66. The predicted molar refractivity (Wildman–Crippen MR) is 246 cm³/mol. The Labute approximate surface area is 336 Å². The van der Waals surface area contributed by atoms with Gasteiger partial charge in [-0.3, -0.25) is 4.57 Å². The molecule has 0 saturated carbocycles. The second-order valence-electron chi connectivity index (χ2n) is 15.7. The molecule has 14 aromatic rings. The molecule has 9 aromatic carbocycles. The normalized spacial score (nSPS) is 12.4. The van der Waals surface area contributed by atoms with Crippen LogP contribution in [0.4, 0.5) is 0 Å². The lowest BCUT2D eigenvalue weighted by atomic mass is 10.0. The van der Waals surface area contributed by atoms with Crippen molar-refractivity contribution in [1.82, 2.24) is 23.5 Å². The van der Waals surface area contributed by atoms with Crippen LogP contribution < -0.4 is 0 Å². The van der Waals surface area contributed by atoms with E-state index in [1.54, 1.807) is 0 Å². The summed E-state index contributed by atoms with van der Waals surface area (Å²) in [6.07, 6.45) is 0. The molecule has 0 atom stereocenters. The summed E-state index contributed by atoms with van der Waals surface area (Å²) in [6.45, 7) is 0. The lowest BCUT2D eigenvalue weighted by molar-refractivity contribution is 1.02. The Bertz CT molecular complexity index is 4070. The third-order valence-electron chi connectivity index (χ3n) is 12.7. The largest absolute Gasteiger partial charge is 0.309 e. The Morgan fingerprint density at radius 2 is 0.983 bits per heavy atom. The van der Waals surface area contributed by atoms with Crippen LogP contribution in [0.15, 0.2) is 188 Å². The summed E-state index contributed by atoms with van der Waals surface area (Å²) in [6, 6.07) is 68.0. The molecule has 5 aromatic heterocycles. The highest BCUT2D eigenvalue weighted by Crippen LogP contribution is 2.48. The van der Waals surface area contributed by atoms with Crippen LogP contribution >= 0.6 is 0 Å². The standard InChI is InChI=1S/C54H31N5/c1-2-15-34(16-3-1)57-44-23-11-7-18-36(44)41-30-33(27-29-47(41)57)51-38-20-6-10-22-43(38)55-54(56-51)59-48-31-42-37-19-8-12-24-45(37)58-46-25-13-9-21-39(46)50(53(42)58)49(48)40-28-26-32-14-4-5-17-35(32)52(40)59/h1-31H. The number of nitrogens with zero attached hydrogens (tertiary/aromatic N) is 5. The molecule has 0 unspecified atom stereocenters. The Hall–Kier alpha value is -8.02. The fraction of sp³-hybridized carbons (Fsp3) is 0. The van der Waals surface area contributed by atoms with Crippen molar-refractivity contribution in [3.8, 4) is 22.9 Å². The van der Waals surface area contributed by atoms with Crippen LogP contribution in [-0.2, 0) is 0 Å². The minimum atomic E-state index is 0.656. The van der Waals surface area contributed by atoms with Crippen molar-refractivity contribution in [2.75, 3.05) is 0 Å². The smallest absolute Gasteiger partial charge is 0.235 e. The number of hydrogen-bond acceptors (Lipinski definition) is 2. The summed E-state index contributed by atoms with van der Waals surface area (Å²) < 4.78 is 7.18. The van der Waals surface area contributed by atoms with E-state index in [-0.39, 0.29) is 0 Å². The fourth-order valence-electron chi connectivity index (χ4n) is 10.3. The fourth-order valence-corrected chi connectivity index (χ4v) is 10.3. The van der Waals surface area contributed by atoms with Gasteiger partial charge in [0, 0.05) is 65.1 Å². The first kappa shape index (κ1) is 31.1. The summed E-state index contributed by atoms with van der Waals surface area (Å²) in [5.74, 6) is 0.656. The van der Waals surface area contributed by atoms with Crippen molar-refractivity contribution in [2.24, 2.45) is 0 Å². The van der Waals surface area contributed by atoms with E-state index in [1.165, 1.54) is 75.9 Å². The average Bonchev–Trinajstić information content (AvgIpc) is 4.03. The van der Waals surface area contributed by atoms with E-state index in [0.29, 0.717) is 5.95 Å². The van der Waals surface area contributed by atoms with E-state index in [9.17, 15) is 0 Å². The van der Waals surface area contributed by atoms with Crippen molar-refractivity contribution in [3.63, 3.8) is 0 Å². The van der Waals surface area contributed by atoms with Gasteiger partial charge in [0.05, 0.1) is 49.8 Å². The third-order valence-corrected chi connectivity index (χ3v) is 12.7. The number of para-hydroxylation sites is 5. The molecule has 0 bridgehead atoms. The van der Waals surface area contributed by atoms with Crippen molar-refractivity contribution < 1.29 is 0 Å². The molecule has 5 heteroatoms. The molecule has 0 spiro atoms. The molecule has 0 aliphatic carbocycles.